The molecule has 29 heavy (non-hydrogen) atoms. The summed E-state index contributed by atoms with van der Waals surface area (Å²) >= 11 is 0. The van der Waals surface area contributed by atoms with Crippen LogP contribution in [0.5, 0.6) is 0 Å². The largest absolute Gasteiger partial charge is 0.452 e. The number of esters is 1. The number of hydrogen-bond acceptors (Lipinski definition) is 5. The minimum atomic E-state index is -0.551. The second-order valence-corrected chi connectivity index (χ2v) is 7.12. The molecule has 0 aliphatic heterocycles. The third kappa shape index (κ3) is 5.75. The van der Waals surface area contributed by atoms with Gasteiger partial charge < -0.3 is 10.1 Å². The highest BCUT2D eigenvalue weighted by molar-refractivity contribution is 5.91. The number of benzene rings is 2. The minimum Gasteiger partial charge on any atom is -0.452 e. The van der Waals surface area contributed by atoms with Crippen molar-refractivity contribution in [2.75, 3.05) is 6.61 Å². The Morgan fingerprint density at radius 2 is 1.79 bits per heavy atom. The normalized spacial score (nSPS) is 11.8. The molecule has 0 aliphatic rings. The monoisotopic (exact) mass is 392 g/mol. The number of ether oxygens (including phenoxy) is 1. The number of hydrogen-bond donors (Lipinski definition) is 1. The van der Waals surface area contributed by atoms with Crippen molar-refractivity contribution in [3.8, 4) is 5.69 Å². The Morgan fingerprint density at radius 3 is 2.41 bits per heavy atom. The van der Waals surface area contributed by atoms with E-state index >= 15 is 0 Å². The average molecular weight is 392 g/mol. The van der Waals surface area contributed by atoms with Crippen molar-refractivity contribution in [2.45, 2.75) is 26.3 Å². The maximum Gasteiger partial charge on any atom is 0.338 e. The molecule has 0 radical (unpaired) electrons. The summed E-state index contributed by atoms with van der Waals surface area (Å²) in [6.45, 7) is 3.88. The molecule has 3 aromatic rings. The summed E-state index contributed by atoms with van der Waals surface area (Å²) in [6.07, 6.45) is 3.80. The lowest BCUT2D eigenvalue weighted by molar-refractivity contribution is -0.125. The van der Waals surface area contributed by atoms with Crippen molar-refractivity contribution < 1.29 is 14.3 Å². The number of rotatable bonds is 8. The van der Waals surface area contributed by atoms with Crippen LogP contribution in [0.15, 0.2) is 67.3 Å². The highest BCUT2D eigenvalue weighted by atomic mass is 16.5. The van der Waals surface area contributed by atoms with E-state index in [0.29, 0.717) is 11.5 Å². The number of carbonyl (C=O) groups excluding carboxylic acids is 2. The number of carbonyl (C=O) groups is 2. The molecular weight excluding hydrogens is 368 g/mol. The fraction of sp³-hybridized carbons (Fsp3) is 0.273. The summed E-state index contributed by atoms with van der Waals surface area (Å²) in [5.74, 6) is -0.468. The smallest absolute Gasteiger partial charge is 0.338 e. The maximum absolute atomic E-state index is 12.3. The topological polar surface area (TPSA) is 86.1 Å². The van der Waals surface area contributed by atoms with Crippen LogP contribution in [-0.4, -0.2) is 33.2 Å². The lowest BCUT2D eigenvalue weighted by atomic mass is 9.97. The Hall–Kier alpha value is -3.48. The SMILES string of the molecule is CC(C)C[C@H](NC(=O)COC(=O)c1ccc(-n2cncn2)cc1)c1ccccc1. The van der Waals surface area contributed by atoms with Crippen LogP contribution in [0.25, 0.3) is 5.69 Å². The van der Waals surface area contributed by atoms with Crippen LogP contribution in [0, 0.1) is 5.92 Å². The predicted octanol–water partition coefficient (Wildman–Crippen LogP) is 3.33. The molecule has 0 saturated carbocycles. The van der Waals surface area contributed by atoms with Crippen molar-refractivity contribution in [3.05, 3.63) is 78.4 Å². The number of nitrogens with zero attached hydrogens (tertiary/aromatic N) is 3. The summed E-state index contributed by atoms with van der Waals surface area (Å²) in [4.78, 5) is 28.5. The molecule has 1 aromatic heterocycles. The Balaban J connectivity index is 1.55. The van der Waals surface area contributed by atoms with Gasteiger partial charge in [-0.1, -0.05) is 44.2 Å². The van der Waals surface area contributed by atoms with E-state index < -0.39 is 5.97 Å². The molecule has 7 nitrogen and oxygen atoms in total. The fourth-order valence-electron chi connectivity index (χ4n) is 2.98. The Kier molecular flexibility index (Phi) is 6.73. The Morgan fingerprint density at radius 1 is 1.07 bits per heavy atom. The molecule has 150 valence electrons. The zero-order valence-electron chi connectivity index (χ0n) is 16.5. The maximum atomic E-state index is 12.3. The summed E-state index contributed by atoms with van der Waals surface area (Å²) in [5, 5.41) is 6.99. The molecule has 7 heteroatoms. The van der Waals surface area contributed by atoms with Gasteiger partial charge in [-0.3, -0.25) is 4.79 Å². The van der Waals surface area contributed by atoms with Gasteiger partial charge in [-0.15, -0.1) is 0 Å². The van der Waals surface area contributed by atoms with E-state index in [2.05, 4.69) is 29.2 Å². The molecule has 0 spiro atoms. The molecule has 1 atom stereocenters. The molecule has 3 rings (SSSR count). The highest BCUT2D eigenvalue weighted by Gasteiger charge is 2.17. The van der Waals surface area contributed by atoms with Gasteiger partial charge in [0.05, 0.1) is 17.3 Å². The molecule has 1 N–H and O–H groups in total. The molecule has 0 saturated heterocycles. The van der Waals surface area contributed by atoms with E-state index in [-0.39, 0.29) is 18.6 Å². The lowest BCUT2D eigenvalue weighted by Crippen LogP contribution is -2.33. The average Bonchev–Trinajstić information content (AvgIpc) is 3.27. The van der Waals surface area contributed by atoms with Crippen molar-refractivity contribution >= 4 is 11.9 Å². The van der Waals surface area contributed by atoms with Crippen LogP contribution in [0.3, 0.4) is 0 Å². The third-order valence-electron chi connectivity index (χ3n) is 4.36. The van der Waals surface area contributed by atoms with Crippen molar-refractivity contribution in [1.82, 2.24) is 20.1 Å². The highest BCUT2D eigenvalue weighted by Crippen LogP contribution is 2.21. The molecule has 1 amide bonds. The number of aromatic nitrogens is 3. The van der Waals surface area contributed by atoms with Gasteiger partial charge in [0.1, 0.15) is 12.7 Å². The third-order valence-corrected chi connectivity index (χ3v) is 4.36. The minimum absolute atomic E-state index is 0.121. The van der Waals surface area contributed by atoms with Crippen molar-refractivity contribution in [3.63, 3.8) is 0 Å². The second kappa shape index (κ2) is 9.64. The van der Waals surface area contributed by atoms with Crippen LogP contribution in [0.2, 0.25) is 0 Å². The van der Waals surface area contributed by atoms with Crippen molar-refractivity contribution in [1.29, 1.82) is 0 Å². The number of nitrogens with one attached hydrogen (secondary N) is 1. The van der Waals surface area contributed by atoms with E-state index in [1.54, 1.807) is 35.3 Å². The van der Waals surface area contributed by atoms with Crippen LogP contribution in [0.1, 0.15) is 42.2 Å². The summed E-state index contributed by atoms with van der Waals surface area (Å²) in [5.41, 5.74) is 2.17. The van der Waals surface area contributed by atoms with Gasteiger partial charge in [0, 0.05) is 0 Å². The zero-order valence-corrected chi connectivity index (χ0v) is 16.5. The van der Waals surface area contributed by atoms with Gasteiger partial charge in [0.15, 0.2) is 6.61 Å². The first-order valence-corrected chi connectivity index (χ1v) is 9.49. The summed E-state index contributed by atoms with van der Waals surface area (Å²) in [6, 6.07) is 16.4. The Labute approximate surface area is 169 Å². The van der Waals surface area contributed by atoms with E-state index in [1.807, 2.05) is 30.3 Å². The van der Waals surface area contributed by atoms with Crippen LogP contribution in [-0.2, 0) is 9.53 Å². The Bertz CT molecular complexity index is 922. The zero-order chi connectivity index (χ0) is 20.6. The van der Waals surface area contributed by atoms with E-state index in [4.69, 9.17) is 4.74 Å². The fourth-order valence-corrected chi connectivity index (χ4v) is 2.98. The predicted molar refractivity (Wildman–Crippen MR) is 108 cm³/mol. The van der Waals surface area contributed by atoms with Gasteiger partial charge in [-0.2, -0.15) is 5.10 Å². The van der Waals surface area contributed by atoms with Crippen LogP contribution >= 0.6 is 0 Å². The van der Waals surface area contributed by atoms with Gasteiger partial charge in [0.2, 0.25) is 0 Å². The first-order chi connectivity index (χ1) is 14.0. The van der Waals surface area contributed by atoms with Gasteiger partial charge >= 0.3 is 5.97 Å². The van der Waals surface area contributed by atoms with Crippen LogP contribution in [0.4, 0.5) is 0 Å². The van der Waals surface area contributed by atoms with E-state index in [9.17, 15) is 9.59 Å². The molecule has 0 bridgehead atoms. The van der Waals surface area contributed by atoms with Gasteiger partial charge in [-0.05, 0) is 42.2 Å². The van der Waals surface area contributed by atoms with Crippen molar-refractivity contribution in [2.24, 2.45) is 5.92 Å². The summed E-state index contributed by atoms with van der Waals surface area (Å²) in [7, 11) is 0. The summed E-state index contributed by atoms with van der Waals surface area (Å²) < 4.78 is 6.76. The number of amides is 1. The standard InChI is InChI=1S/C22H24N4O3/c1-16(2)12-20(17-6-4-3-5-7-17)25-21(27)13-29-22(28)18-8-10-19(11-9-18)26-15-23-14-24-26/h3-11,14-16,20H,12-13H2,1-2H3,(H,25,27)/t20-/m0/s1. The lowest BCUT2D eigenvalue weighted by Gasteiger charge is -2.21. The van der Waals surface area contributed by atoms with Crippen LogP contribution < -0.4 is 5.32 Å². The van der Waals surface area contributed by atoms with E-state index in [0.717, 1.165) is 17.7 Å². The van der Waals surface area contributed by atoms with Gasteiger partial charge in [0.25, 0.3) is 5.91 Å². The second-order valence-electron chi connectivity index (χ2n) is 7.12. The first-order valence-electron chi connectivity index (χ1n) is 9.49. The molecule has 2 aromatic carbocycles. The first kappa shape index (κ1) is 20.3. The molecule has 0 fully saturated rings. The van der Waals surface area contributed by atoms with E-state index in [1.165, 1.54) is 6.33 Å². The molecule has 0 unspecified atom stereocenters. The van der Waals surface area contributed by atoms with Gasteiger partial charge in [-0.25, -0.2) is 14.5 Å². The molecule has 1 heterocycles. The quantitative estimate of drug-likeness (QED) is 0.594. The molecular formula is C22H24N4O3. The molecule has 0 aliphatic carbocycles.